The van der Waals surface area contributed by atoms with Crippen LogP contribution >= 0.6 is 11.6 Å². The Labute approximate surface area is 123 Å². The highest BCUT2D eigenvalue weighted by molar-refractivity contribution is 6.30. The number of hydrogen-bond donors (Lipinski definition) is 2. The number of nitrogens with two attached hydrogens (primary N) is 1. The molecular formula is C16H18ClNO2. The predicted octanol–water partition coefficient (Wildman–Crippen LogP) is 2.95. The van der Waals surface area contributed by atoms with Gasteiger partial charge < -0.3 is 15.6 Å². The molecule has 0 saturated heterocycles. The lowest BCUT2D eigenvalue weighted by Gasteiger charge is -2.35. The fourth-order valence-electron chi connectivity index (χ4n) is 2.07. The molecule has 0 aromatic heterocycles. The standard InChI is InChI=1S/C16H18ClNO2/c1-16(15(19)11-18,12-6-5-7-13(17)10-12)20-14-8-3-2-4-9-14/h2-10,15,19H,11,18H2,1H3. The van der Waals surface area contributed by atoms with Crippen LogP contribution in [0, 0.1) is 0 Å². The summed E-state index contributed by atoms with van der Waals surface area (Å²) in [6.07, 6.45) is -0.846. The molecule has 0 aliphatic heterocycles. The van der Waals surface area contributed by atoms with Gasteiger partial charge in [0, 0.05) is 11.6 Å². The lowest BCUT2D eigenvalue weighted by molar-refractivity contribution is -0.0410. The van der Waals surface area contributed by atoms with Crippen LogP contribution in [0.4, 0.5) is 0 Å². The third-order valence-corrected chi connectivity index (χ3v) is 3.57. The molecule has 0 fully saturated rings. The summed E-state index contributed by atoms with van der Waals surface area (Å²) in [6.45, 7) is 1.90. The number of aliphatic hydroxyl groups is 1. The van der Waals surface area contributed by atoms with E-state index < -0.39 is 11.7 Å². The zero-order valence-corrected chi connectivity index (χ0v) is 12.0. The average Bonchev–Trinajstić information content (AvgIpc) is 2.47. The maximum absolute atomic E-state index is 10.3. The third kappa shape index (κ3) is 3.12. The minimum absolute atomic E-state index is 0.0931. The summed E-state index contributed by atoms with van der Waals surface area (Å²) < 4.78 is 6.01. The van der Waals surface area contributed by atoms with Crippen molar-refractivity contribution in [2.24, 2.45) is 5.73 Å². The van der Waals surface area contributed by atoms with E-state index in [4.69, 9.17) is 22.1 Å². The van der Waals surface area contributed by atoms with E-state index in [1.165, 1.54) is 0 Å². The molecular weight excluding hydrogens is 274 g/mol. The van der Waals surface area contributed by atoms with Crippen molar-refractivity contribution in [3.8, 4) is 5.75 Å². The fraction of sp³-hybridized carbons (Fsp3) is 0.250. The molecule has 2 atom stereocenters. The van der Waals surface area contributed by atoms with Gasteiger partial charge in [-0.25, -0.2) is 0 Å². The molecule has 0 spiro atoms. The minimum Gasteiger partial charge on any atom is -0.480 e. The summed E-state index contributed by atoms with van der Waals surface area (Å²) in [5.41, 5.74) is 5.45. The highest BCUT2D eigenvalue weighted by atomic mass is 35.5. The predicted molar refractivity (Wildman–Crippen MR) is 80.9 cm³/mol. The molecule has 0 radical (unpaired) electrons. The molecule has 2 aromatic rings. The van der Waals surface area contributed by atoms with Gasteiger partial charge >= 0.3 is 0 Å². The molecule has 0 aliphatic rings. The van der Waals surface area contributed by atoms with E-state index in [0.717, 1.165) is 5.56 Å². The number of halogens is 1. The van der Waals surface area contributed by atoms with E-state index in [1.807, 2.05) is 49.4 Å². The SMILES string of the molecule is CC(Oc1ccccc1)(c1cccc(Cl)c1)C(O)CN. The number of rotatable bonds is 5. The Hall–Kier alpha value is -1.55. The van der Waals surface area contributed by atoms with Crippen molar-refractivity contribution in [2.75, 3.05) is 6.54 Å². The summed E-state index contributed by atoms with van der Waals surface area (Å²) in [5.74, 6) is 0.669. The van der Waals surface area contributed by atoms with Crippen LogP contribution in [-0.2, 0) is 5.60 Å². The molecule has 20 heavy (non-hydrogen) atoms. The van der Waals surface area contributed by atoms with E-state index in [-0.39, 0.29) is 6.54 Å². The second-order valence-electron chi connectivity index (χ2n) is 4.78. The van der Waals surface area contributed by atoms with E-state index in [2.05, 4.69) is 0 Å². The van der Waals surface area contributed by atoms with Gasteiger partial charge in [-0.05, 0) is 36.8 Å². The summed E-state index contributed by atoms with van der Waals surface area (Å²) >= 11 is 6.03. The fourth-order valence-corrected chi connectivity index (χ4v) is 2.27. The van der Waals surface area contributed by atoms with Crippen LogP contribution in [0.3, 0.4) is 0 Å². The van der Waals surface area contributed by atoms with Gasteiger partial charge in [0.2, 0.25) is 0 Å². The molecule has 2 aromatic carbocycles. The maximum Gasteiger partial charge on any atom is 0.158 e. The lowest BCUT2D eigenvalue weighted by atomic mass is 9.89. The molecule has 3 N–H and O–H groups in total. The van der Waals surface area contributed by atoms with Gasteiger partial charge in [-0.15, -0.1) is 0 Å². The molecule has 0 saturated carbocycles. The highest BCUT2D eigenvalue weighted by Crippen LogP contribution is 2.32. The van der Waals surface area contributed by atoms with Crippen molar-refractivity contribution >= 4 is 11.6 Å². The molecule has 0 heterocycles. The van der Waals surface area contributed by atoms with Gasteiger partial charge in [0.15, 0.2) is 5.60 Å². The first-order valence-electron chi connectivity index (χ1n) is 6.44. The summed E-state index contributed by atoms with van der Waals surface area (Å²) in [4.78, 5) is 0. The monoisotopic (exact) mass is 291 g/mol. The Bertz CT molecular complexity index is 561. The Morgan fingerprint density at radius 2 is 1.90 bits per heavy atom. The number of ether oxygens (including phenoxy) is 1. The van der Waals surface area contributed by atoms with Crippen LogP contribution in [0.5, 0.6) is 5.75 Å². The molecule has 106 valence electrons. The van der Waals surface area contributed by atoms with Crippen molar-refractivity contribution in [1.29, 1.82) is 0 Å². The zero-order valence-electron chi connectivity index (χ0n) is 11.3. The van der Waals surface area contributed by atoms with Crippen LogP contribution in [0.25, 0.3) is 0 Å². The summed E-state index contributed by atoms with van der Waals surface area (Å²) in [5, 5.41) is 10.9. The van der Waals surface area contributed by atoms with Crippen molar-refractivity contribution in [3.63, 3.8) is 0 Å². The van der Waals surface area contributed by atoms with Gasteiger partial charge in [0.05, 0.1) is 0 Å². The molecule has 0 aliphatic carbocycles. The summed E-state index contributed by atoms with van der Waals surface area (Å²) in [6, 6.07) is 16.6. The second kappa shape index (κ2) is 6.27. The Morgan fingerprint density at radius 3 is 2.50 bits per heavy atom. The Morgan fingerprint density at radius 1 is 1.20 bits per heavy atom. The van der Waals surface area contributed by atoms with Gasteiger partial charge in [-0.1, -0.05) is 41.9 Å². The van der Waals surface area contributed by atoms with E-state index >= 15 is 0 Å². The topological polar surface area (TPSA) is 55.5 Å². The molecule has 0 amide bonds. The van der Waals surface area contributed by atoms with Gasteiger partial charge in [-0.3, -0.25) is 0 Å². The van der Waals surface area contributed by atoms with E-state index in [0.29, 0.717) is 10.8 Å². The second-order valence-corrected chi connectivity index (χ2v) is 5.22. The molecule has 0 bridgehead atoms. The van der Waals surface area contributed by atoms with Crippen LogP contribution < -0.4 is 10.5 Å². The normalized spacial score (nSPS) is 15.4. The van der Waals surface area contributed by atoms with Crippen LogP contribution in [-0.4, -0.2) is 17.8 Å². The smallest absolute Gasteiger partial charge is 0.158 e. The zero-order chi connectivity index (χ0) is 14.6. The minimum atomic E-state index is -0.957. The lowest BCUT2D eigenvalue weighted by Crippen LogP contribution is -2.46. The van der Waals surface area contributed by atoms with Gasteiger partial charge in [0.25, 0.3) is 0 Å². The highest BCUT2D eigenvalue weighted by Gasteiger charge is 2.36. The number of benzene rings is 2. The Balaban J connectivity index is 2.40. The molecule has 3 nitrogen and oxygen atoms in total. The van der Waals surface area contributed by atoms with E-state index in [9.17, 15) is 5.11 Å². The van der Waals surface area contributed by atoms with Gasteiger partial charge in [-0.2, -0.15) is 0 Å². The number of hydrogen-bond acceptors (Lipinski definition) is 3. The first kappa shape index (κ1) is 14.9. The number of aliphatic hydroxyl groups excluding tert-OH is 1. The Kier molecular flexibility index (Phi) is 4.65. The molecule has 2 unspecified atom stereocenters. The van der Waals surface area contributed by atoms with Crippen molar-refractivity contribution in [3.05, 3.63) is 65.2 Å². The summed E-state index contributed by atoms with van der Waals surface area (Å²) in [7, 11) is 0. The first-order chi connectivity index (χ1) is 9.56. The van der Waals surface area contributed by atoms with Crippen LogP contribution in [0.2, 0.25) is 5.02 Å². The van der Waals surface area contributed by atoms with Crippen molar-refractivity contribution in [1.82, 2.24) is 0 Å². The maximum atomic E-state index is 10.3. The molecule has 4 heteroatoms. The quantitative estimate of drug-likeness (QED) is 0.890. The molecule has 2 rings (SSSR count). The van der Waals surface area contributed by atoms with E-state index in [1.54, 1.807) is 12.1 Å². The van der Waals surface area contributed by atoms with Gasteiger partial charge in [0.1, 0.15) is 11.9 Å². The number of para-hydroxylation sites is 1. The van der Waals surface area contributed by atoms with Crippen molar-refractivity contribution < 1.29 is 9.84 Å². The largest absolute Gasteiger partial charge is 0.480 e. The van der Waals surface area contributed by atoms with Crippen LogP contribution in [0.1, 0.15) is 12.5 Å². The van der Waals surface area contributed by atoms with Crippen LogP contribution in [0.15, 0.2) is 54.6 Å². The average molecular weight is 292 g/mol. The van der Waals surface area contributed by atoms with Crippen molar-refractivity contribution in [2.45, 2.75) is 18.6 Å². The third-order valence-electron chi connectivity index (χ3n) is 3.33. The first-order valence-corrected chi connectivity index (χ1v) is 6.82.